The number of nitrogens with zero attached hydrogens (tertiary/aromatic N) is 3. The van der Waals surface area contributed by atoms with E-state index in [-0.39, 0.29) is 0 Å². The lowest BCUT2D eigenvalue weighted by atomic mass is 10.3. The topological polar surface area (TPSA) is 91.7 Å². The molecule has 0 unspecified atom stereocenters. The summed E-state index contributed by atoms with van der Waals surface area (Å²) < 4.78 is 6.31. The molecule has 4 rings (SSSR count). The summed E-state index contributed by atoms with van der Waals surface area (Å²) in [5.74, 6) is 4.36. The van der Waals surface area contributed by atoms with E-state index in [1.807, 2.05) is 25.1 Å². The second-order valence-corrected chi connectivity index (χ2v) is 6.72. The summed E-state index contributed by atoms with van der Waals surface area (Å²) in [7, 11) is 0. The number of furan rings is 1. The third-order valence-corrected chi connectivity index (χ3v) is 4.39. The van der Waals surface area contributed by atoms with Crippen LogP contribution in [0.25, 0.3) is 0 Å². The predicted molar refractivity (Wildman–Crippen MR) is 94.3 cm³/mol. The van der Waals surface area contributed by atoms with Gasteiger partial charge in [-0.3, -0.25) is 5.10 Å². The SMILES string of the molecule is Cc1ccc(CNc2ncc(Br)c(Nc3cc(C4CC4)n[nH]3)n2)o1. The number of hydrogen-bond donors (Lipinski definition) is 3. The zero-order valence-corrected chi connectivity index (χ0v) is 14.7. The van der Waals surface area contributed by atoms with Crippen LogP contribution < -0.4 is 10.6 Å². The maximum Gasteiger partial charge on any atom is 0.225 e. The van der Waals surface area contributed by atoms with Gasteiger partial charge in [0.2, 0.25) is 5.95 Å². The Bertz CT molecular complexity index is 854. The highest BCUT2D eigenvalue weighted by Crippen LogP contribution is 2.39. The molecule has 1 aliphatic carbocycles. The summed E-state index contributed by atoms with van der Waals surface area (Å²) in [6.45, 7) is 2.45. The molecule has 0 spiro atoms. The van der Waals surface area contributed by atoms with Crippen LogP contribution in [0.3, 0.4) is 0 Å². The van der Waals surface area contributed by atoms with Crippen LogP contribution in [0.4, 0.5) is 17.6 Å². The van der Waals surface area contributed by atoms with Gasteiger partial charge >= 0.3 is 0 Å². The summed E-state index contributed by atoms with van der Waals surface area (Å²) in [4.78, 5) is 8.76. The first-order valence-corrected chi connectivity index (χ1v) is 8.61. The molecule has 124 valence electrons. The van der Waals surface area contributed by atoms with Gasteiger partial charge < -0.3 is 15.1 Å². The smallest absolute Gasteiger partial charge is 0.225 e. The van der Waals surface area contributed by atoms with Gasteiger partial charge in [0.25, 0.3) is 0 Å². The highest BCUT2D eigenvalue weighted by atomic mass is 79.9. The van der Waals surface area contributed by atoms with Crippen LogP contribution in [0, 0.1) is 6.92 Å². The van der Waals surface area contributed by atoms with Crippen molar-refractivity contribution < 1.29 is 4.42 Å². The normalized spacial score (nSPS) is 13.9. The maximum atomic E-state index is 5.53. The Balaban J connectivity index is 1.45. The fourth-order valence-electron chi connectivity index (χ4n) is 2.40. The second-order valence-electron chi connectivity index (χ2n) is 5.86. The van der Waals surface area contributed by atoms with Crippen molar-refractivity contribution in [3.63, 3.8) is 0 Å². The van der Waals surface area contributed by atoms with E-state index in [9.17, 15) is 0 Å². The van der Waals surface area contributed by atoms with Crippen LogP contribution in [0.1, 0.15) is 36.0 Å². The van der Waals surface area contributed by atoms with Crippen LogP contribution in [0.5, 0.6) is 0 Å². The van der Waals surface area contributed by atoms with E-state index >= 15 is 0 Å². The molecular formula is C16H17BrN6O. The lowest BCUT2D eigenvalue weighted by Crippen LogP contribution is -2.05. The number of nitrogens with one attached hydrogen (secondary N) is 3. The van der Waals surface area contributed by atoms with Crippen LogP contribution in [-0.4, -0.2) is 20.2 Å². The fourth-order valence-corrected chi connectivity index (χ4v) is 2.69. The summed E-state index contributed by atoms with van der Waals surface area (Å²) >= 11 is 3.47. The molecule has 7 nitrogen and oxygen atoms in total. The van der Waals surface area contributed by atoms with Crippen LogP contribution >= 0.6 is 15.9 Å². The summed E-state index contributed by atoms with van der Waals surface area (Å²) in [5.41, 5.74) is 1.11. The first-order chi connectivity index (χ1) is 11.7. The van der Waals surface area contributed by atoms with Crippen LogP contribution in [0.2, 0.25) is 0 Å². The number of aromatic amines is 1. The monoisotopic (exact) mass is 388 g/mol. The zero-order valence-electron chi connectivity index (χ0n) is 13.1. The van der Waals surface area contributed by atoms with Crippen molar-refractivity contribution in [1.29, 1.82) is 0 Å². The molecule has 0 radical (unpaired) electrons. The van der Waals surface area contributed by atoms with Crippen LogP contribution in [0.15, 0.2) is 33.3 Å². The van der Waals surface area contributed by atoms with E-state index < -0.39 is 0 Å². The van der Waals surface area contributed by atoms with E-state index in [4.69, 9.17) is 4.42 Å². The van der Waals surface area contributed by atoms with Gasteiger partial charge in [0.05, 0.1) is 16.7 Å². The Labute approximate surface area is 147 Å². The lowest BCUT2D eigenvalue weighted by Gasteiger charge is -2.08. The molecule has 1 saturated carbocycles. The molecule has 1 aliphatic rings. The van der Waals surface area contributed by atoms with E-state index in [0.29, 0.717) is 24.2 Å². The Morgan fingerprint density at radius 1 is 1.38 bits per heavy atom. The van der Waals surface area contributed by atoms with Gasteiger partial charge in [-0.1, -0.05) is 0 Å². The van der Waals surface area contributed by atoms with Gasteiger partial charge in [-0.25, -0.2) is 4.98 Å². The minimum atomic E-state index is 0.525. The Kier molecular flexibility index (Phi) is 3.97. The summed E-state index contributed by atoms with van der Waals surface area (Å²) in [5, 5.41) is 13.7. The number of aryl methyl sites for hydroxylation is 1. The van der Waals surface area contributed by atoms with Gasteiger partial charge in [-0.2, -0.15) is 10.1 Å². The average Bonchev–Trinajstić information content (AvgIpc) is 3.18. The molecule has 0 bridgehead atoms. The van der Waals surface area contributed by atoms with Gasteiger partial charge in [0, 0.05) is 18.2 Å². The maximum absolute atomic E-state index is 5.53. The van der Waals surface area contributed by atoms with Crippen molar-refractivity contribution in [3.05, 3.63) is 46.1 Å². The van der Waals surface area contributed by atoms with Gasteiger partial charge in [0.1, 0.15) is 17.3 Å². The van der Waals surface area contributed by atoms with Gasteiger partial charge in [-0.15, -0.1) is 0 Å². The highest BCUT2D eigenvalue weighted by molar-refractivity contribution is 9.10. The minimum Gasteiger partial charge on any atom is -0.465 e. The van der Waals surface area contributed by atoms with Crippen molar-refractivity contribution in [1.82, 2.24) is 20.2 Å². The first kappa shape index (κ1) is 15.2. The number of hydrogen-bond acceptors (Lipinski definition) is 6. The van der Waals surface area contributed by atoms with Crippen LogP contribution in [-0.2, 0) is 6.54 Å². The van der Waals surface area contributed by atoms with E-state index in [2.05, 4.69) is 46.7 Å². The molecule has 0 saturated heterocycles. The van der Waals surface area contributed by atoms with Crippen molar-refractivity contribution >= 4 is 33.5 Å². The quantitative estimate of drug-likeness (QED) is 0.588. The molecule has 3 N–H and O–H groups in total. The number of rotatable bonds is 6. The third kappa shape index (κ3) is 3.43. The van der Waals surface area contributed by atoms with E-state index in [0.717, 1.165) is 27.5 Å². The van der Waals surface area contributed by atoms with Crippen molar-refractivity contribution in [2.24, 2.45) is 0 Å². The molecule has 3 aromatic heterocycles. The van der Waals surface area contributed by atoms with Crippen molar-refractivity contribution in [2.75, 3.05) is 10.6 Å². The fraction of sp³-hybridized carbons (Fsp3) is 0.312. The van der Waals surface area contributed by atoms with Crippen molar-refractivity contribution in [2.45, 2.75) is 32.2 Å². The number of anilines is 3. The number of aromatic nitrogens is 4. The molecule has 0 amide bonds. The Morgan fingerprint density at radius 2 is 2.25 bits per heavy atom. The predicted octanol–water partition coefficient (Wildman–Crippen LogP) is 4.10. The molecule has 1 fully saturated rings. The molecule has 0 aliphatic heterocycles. The molecule has 0 aromatic carbocycles. The largest absolute Gasteiger partial charge is 0.465 e. The summed E-state index contributed by atoms with van der Waals surface area (Å²) in [6.07, 6.45) is 4.16. The second kappa shape index (κ2) is 6.27. The third-order valence-electron chi connectivity index (χ3n) is 3.81. The highest BCUT2D eigenvalue weighted by Gasteiger charge is 2.26. The standard InChI is InChI=1S/C16H17BrN6O/c1-9-2-5-11(24-9)7-18-16-19-8-12(17)15(21-16)20-14-6-13(22-23-14)10-3-4-10/h2,5-6,8,10H,3-4,7H2,1H3,(H3,18,19,20,21,22,23). The first-order valence-electron chi connectivity index (χ1n) is 7.81. The molecule has 8 heteroatoms. The minimum absolute atomic E-state index is 0.525. The molecule has 3 aromatic rings. The lowest BCUT2D eigenvalue weighted by molar-refractivity contribution is 0.490. The molecule has 0 atom stereocenters. The summed E-state index contributed by atoms with van der Waals surface area (Å²) in [6, 6.07) is 5.90. The van der Waals surface area contributed by atoms with Gasteiger partial charge in [0.15, 0.2) is 5.82 Å². The van der Waals surface area contributed by atoms with Crippen molar-refractivity contribution in [3.8, 4) is 0 Å². The molecule has 24 heavy (non-hydrogen) atoms. The van der Waals surface area contributed by atoms with Gasteiger partial charge in [-0.05, 0) is 47.8 Å². The van der Waals surface area contributed by atoms with E-state index in [1.165, 1.54) is 12.8 Å². The number of H-pyrrole nitrogens is 1. The average molecular weight is 389 g/mol. The molecular weight excluding hydrogens is 372 g/mol. The number of halogens is 1. The Hall–Kier alpha value is -2.35. The zero-order chi connectivity index (χ0) is 16.5. The molecule has 3 heterocycles. The van der Waals surface area contributed by atoms with E-state index in [1.54, 1.807) is 6.20 Å². The Morgan fingerprint density at radius 3 is 3.00 bits per heavy atom.